The molecule has 0 amide bonds. The standard InChI is InChI=1S/C17H12BrClO3/c1-9-7-11(18)8-13(19)15(9)22-17(20)16-10(2)12-5-3-4-6-14(12)21-16/h3-8H,1-2H3. The highest BCUT2D eigenvalue weighted by atomic mass is 79.9. The number of fused-ring (bicyclic) bond motifs is 1. The second-order valence-electron chi connectivity index (χ2n) is 4.98. The average Bonchev–Trinajstić information content (AvgIpc) is 2.80. The minimum Gasteiger partial charge on any atom is -0.449 e. The third kappa shape index (κ3) is 2.64. The fourth-order valence-corrected chi connectivity index (χ4v) is 3.34. The Kier molecular flexibility index (Phi) is 3.98. The van der Waals surface area contributed by atoms with E-state index in [4.69, 9.17) is 20.8 Å². The summed E-state index contributed by atoms with van der Waals surface area (Å²) >= 11 is 9.50. The summed E-state index contributed by atoms with van der Waals surface area (Å²) in [6.45, 7) is 3.66. The molecule has 5 heteroatoms. The predicted molar refractivity (Wildman–Crippen MR) is 89.8 cm³/mol. The Hall–Kier alpha value is -1.78. The molecule has 0 atom stereocenters. The van der Waals surface area contributed by atoms with Crippen molar-refractivity contribution in [2.45, 2.75) is 13.8 Å². The Labute approximate surface area is 141 Å². The number of benzene rings is 2. The van der Waals surface area contributed by atoms with Gasteiger partial charge in [-0.25, -0.2) is 4.79 Å². The summed E-state index contributed by atoms with van der Waals surface area (Å²) in [5.74, 6) is -0.0182. The van der Waals surface area contributed by atoms with Crippen LogP contribution in [0.5, 0.6) is 5.75 Å². The van der Waals surface area contributed by atoms with Crippen molar-refractivity contribution in [1.82, 2.24) is 0 Å². The van der Waals surface area contributed by atoms with Crippen LogP contribution < -0.4 is 4.74 Å². The lowest BCUT2D eigenvalue weighted by Gasteiger charge is -2.09. The molecular formula is C17H12BrClO3. The van der Waals surface area contributed by atoms with Gasteiger partial charge < -0.3 is 9.15 Å². The van der Waals surface area contributed by atoms with E-state index in [2.05, 4.69) is 15.9 Å². The zero-order chi connectivity index (χ0) is 15.9. The van der Waals surface area contributed by atoms with E-state index in [0.717, 1.165) is 21.0 Å². The summed E-state index contributed by atoms with van der Waals surface area (Å²) in [6, 6.07) is 11.0. The fourth-order valence-electron chi connectivity index (χ4n) is 2.33. The number of furan rings is 1. The van der Waals surface area contributed by atoms with Crippen LogP contribution in [0.15, 0.2) is 45.3 Å². The fraction of sp³-hybridized carbons (Fsp3) is 0.118. The molecule has 0 unspecified atom stereocenters. The molecule has 0 saturated heterocycles. The maximum Gasteiger partial charge on any atom is 0.380 e. The summed E-state index contributed by atoms with van der Waals surface area (Å²) in [6.07, 6.45) is 0. The van der Waals surface area contributed by atoms with E-state index in [1.54, 1.807) is 6.07 Å². The number of hydrogen-bond acceptors (Lipinski definition) is 3. The Bertz CT molecular complexity index is 860. The van der Waals surface area contributed by atoms with Crippen LogP contribution in [0, 0.1) is 13.8 Å². The number of para-hydroxylation sites is 1. The molecule has 0 spiro atoms. The molecule has 0 fully saturated rings. The van der Waals surface area contributed by atoms with Gasteiger partial charge in [0.2, 0.25) is 5.76 Å². The topological polar surface area (TPSA) is 39.4 Å². The van der Waals surface area contributed by atoms with Crippen molar-refractivity contribution >= 4 is 44.5 Å². The molecule has 3 aromatic rings. The number of esters is 1. The van der Waals surface area contributed by atoms with Gasteiger partial charge in [-0.2, -0.15) is 0 Å². The molecule has 0 aliphatic carbocycles. The highest BCUT2D eigenvalue weighted by molar-refractivity contribution is 9.10. The number of carbonyl (C=O) groups is 1. The van der Waals surface area contributed by atoms with Crippen LogP contribution in [0.1, 0.15) is 21.7 Å². The first-order valence-electron chi connectivity index (χ1n) is 6.63. The van der Waals surface area contributed by atoms with Gasteiger partial charge in [-0.05, 0) is 37.6 Å². The number of ether oxygens (including phenoxy) is 1. The number of rotatable bonds is 2. The van der Waals surface area contributed by atoms with E-state index in [1.807, 2.05) is 44.2 Å². The quantitative estimate of drug-likeness (QED) is 0.424. The molecule has 0 radical (unpaired) electrons. The summed E-state index contributed by atoms with van der Waals surface area (Å²) < 4.78 is 11.9. The van der Waals surface area contributed by atoms with Gasteiger partial charge in [0.15, 0.2) is 5.75 Å². The molecule has 0 bridgehead atoms. The molecule has 1 heterocycles. The van der Waals surface area contributed by atoms with Crippen molar-refractivity contribution in [3.63, 3.8) is 0 Å². The van der Waals surface area contributed by atoms with Crippen molar-refractivity contribution in [1.29, 1.82) is 0 Å². The number of hydrogen-bond donors (Lipinski definition) is 0. The first-order chi connectivity index (χ1) is 10.5. The maximum atomic E-state index is 12.4. The second kappa shape index (κ2) is 5.78. The largest absolute Gasteiger partial charge is 0.449 e. The molecule has 2 aromatic carbocycles. The van der Waals surface area contributed by atoms with E-state index < -0.39 is 5.97 Å². The van der Waals surface area contributed by atoms with Crippen LogP contribution in [-0.4, -0.2) is 5.97 Å². The summed E-state index contributed by atoms with van der Waals surface area (Å²) in [5.41, 5.74) is 2.18. The van der Waals surface area contributed by atoms with Gasteiger partial charge >= 0.3 is 5.97 Å². The maximum absolute atomic E-state index is 12.4. The SMILES string of the molecule is Cc1cc(Br)cc(Cl)c1OC(=O)c1oc2ccccc2c1C. The van der Waals surface area contributed by atoms with Gasteiger partial charge in [0.05, 0.1) is 5.02 Å². The Morgan fingerprint density at radius 1 is 1.23 bits per heavy atom. The van der Waals surface area contributed by atoms with Gasteiger partial charge in [-0.15, -0.1) is 0 Å². The molecule has 3 rings (SSSR count). The van der Waals surface area contributed by atoms with E-state index in [0.29, 0.717) is 16.4 Å². The highest BCUT2D eigenvalue weighted by Gasteiger charge is 2.21. The van der Waals surface area contributed by atoms with Crippen LogP contribution in [-0.2, 0) is 0 Å². The van der Waals surface area contributed by atoms with E-state index in [-0.39, 0.29) is 5.76 Å². The Morgan fingerprint density at radius 2 is 1.95 bits per heavy atom. The molecule has 0 aliphatic rings. The highest BCUT2D eigenvalue weighted by Crippen LogP contribution is 2.33. The molecule has 0 N–H and O–H groups in total. The molecule has 0 saturated carbocycles. The van der Waals surface area contributed by atoms with Gasteiger partial charge in [0.1, 0.15) is 5.58 Å². The molecule has 112 valence electrons. The van der Waals surface area contributed by atoms with Crippen molar-refractivity contribution < 1.29 is 13.9 Å². The first-order valence-corrected chi connectivity index (χ1v) is 7.80. The van der Waals surface area contributed by atoms with Crippen LogP contribution in [0.2, 0.25) is 5.02 Å². The Balaban J connectivity index is 1.99. The smallest absolute Gasteiger partial charge is 0.380 e. The van der Waals surface area contributed by atoms with Gasteiger partial charge in [-0.1, -0.05) is 45.7 Å². The normalized spacial score (nSPS) is 10.9. The zero-order valence-electron chi connectivity index (χ0n) is 11.9. The average molecular weight is 380 g/mol. The van der Waals surface area contributed by atoms with Gasteiger partial charge in [-0.3, -0.25) is 0 Å². The van der Waals surface area contributed by atoms with Crippen molar-refractivity contribution in [3.05, 3.63) is 62.8 Å². The van der Waals surface area contributed by atoms with Crippen LogP contribution in [0.3, 0.4) is 0 Å². The van der Waals surface area contributed by atoms with Crippen LogP contribution >= 0.6 is 27.5 Å². The van der Waals surface area contributed by atoms with E-state index in [9.17, 15) is 4.79 Å². The van der Waals surface area contributed by atoms with Crippen molar-refractivity contribution in [2.24, 2.45) is 0 Å². The number of carbonyl (C=O) groups excluding carboxylic acids is 1. The molecule has 1 aromatic heterocycles. The van der Waals surface area contributed by atoms with Crippen LogP contribution in [0.4, 0.5) is 0 Å². The van der Waals surface area contributed by atoms with E-state index in [1.165, 1.54) is 0 Å². The van der Waals surface area contributed by atoms with E-state index >= 15 is 0 Å². The minimum absolute atomic E-state index is 0.194. The summed E-state index contributed by atoms with van der Waals surface area (Å²) in [7, 11) is 0. The third-order valence-corrected chi connectivity index (χ3v) is 4.16. The molecular weight excluding hydrogens is 368 g/mol. The van der Waals surface area contributed by atoms with Gasteiger partial charge in [0.25, 0.3) is 0 Å². The lowest BCUT2D eigenvalue weighted by Crippen LogP contribution is -2.10. The van der Waals surface area contributed by atoms with Crippen molar-refractivity contribution in [3.8, 4) is 5.75 Å². The second-order valence-corrected chi connectivity index (χ2v) is 6.30. The number of halogens is 2. The summed E-state index contributed by atoms with van der Waals surface area (Å²) in [5, 5.41) is 1.27. The molecule has 0 aliphatic heterocycles. The lowest BCUT2D eigenvalue weighted by molar-refractivity contribution is 0.0701. The van der Waals surface area contributed by atoms with Crippen molar-refractivity contribution in [2.75, 3.05) is 0 Å². The predicted octanol–water partition coefficient (Wildman–Crippen LogP) is 5.68. The van der Waals surface area contributed by atoms with Gasteiger partial charge in [0, 0.05) is 15.4 Å². The summed E-state index contributed by atoms with van der Waals surface area (Å²) in [4.78, 5) is 12.4. The zero-order valence-corrected chi connectivity index (χ0v) is 14.3. The van der Waals surface area contributed by atoms with Crippen LogP contribution in [0.25, 0.3) is 11.0 Å². The molecule has 22 heavy (non-hydrogen) atoms. The first kappa shape index (κ1) is 15.1. The number of aryl methyl sites for hydroxylation is 2. The minimum atomic E-state index is -0.555. The molecule has 3 nitrogen and oxygen atoms in total. The lowest BCUT2D eigenvalue weighted by atomic mass is 10.1. The third-order valence-electron chi connectivity index (χ3n) is 3.42. The monoisotopic (exact) mass is 378 g/mol. The Morgan fingerprint density at radius 3 is 2.64 bits per heavy atom.